The van der Waals surface area contributed by atoms with Crippen molar-refractivity contribution in [3.8, 4) is 0 Å². The van der Waals surface area contributed by atoms with Gasteiger partial charge < -0.3 is 14.9 Å². The zero-order valence-corrected chi connectivity index (χ0v) is 11.1. The molecule has 2 N–H and O–H groups in total. The topological polar surface area (TPSA) is 92.7 Å². The molecule has 0 saturated heterocycles. The number of hydrogen-bond acceptors (Lipinski definition) is 4. The molecule has 0 aliphatic heterocycles. The minimum atomic E-state index is -3.27. The number of nitrogens with one attached hydrogen (secondary N) is 1. The second kappa shape index (κ2) is 7.25. The van der Waals surface area contributed by atoms with Crippen LogP contribution in [0.2, 0.25) is 0 Å². The summed E-state index contributed by atoms with van der Waals surface area (Å²) in [6.45, 7) is 4.61. The second-order valence-corrected chi connectivity index (χ2v) is 5.94. The van der Waals surface area contributed by atoms with Crippen molar-refractivity contribution >= 4 is 19.2 Å². The SMILES string of the molecule is CCOC(=O)/C(=C/CP(C)(=O)O)NC(=O)CC. The van der Waals surface area contributed by atoms with Crippen LogP contribution >= 0.6 is 7.37 Å². The summed E-state index contributed by atoms with van der Waals surface area (Å²) < 4.78 is 15.8. The van der Waals surface area contributed by atoms with Crippen molar-refractivity contribution in [1.29, 1.82) is 0 Å². The fraction of sp³-hybridized carbons (Fsp3) is 0.600. The molecule has 0 aromatic rings. The van der Waals surface area contributed by atoms with E-state index in [1.54, 1.807) is 13.8 Å². The van der Waals surface area contributed by atoms with E-state index in [0.29, 0.717) is 0 Å². The first kappa shape index (κ1) is 15.9. The van der Waals surface area contributed by atoms with Crippen LogP contribution in [0.15, 0.2) is 11.8 Å². The van der Waals surface area contributed by atoms with Crippen LogP contribution in [-0.2, 0) is 18.9 Å². The lowest BCUT2D eigenvalue weighted by molar-refractivity contribution is -0.140. The maximum absolute atomic E-state index is 11.4. The van der Waals surface area contributed by atoms with Crippen LogP contribution in [0.5, 0.6) is 0 Å². The van der Waals surface area contributed by atoms with Gasteiger partial charge in [-0.05, 0) is 13.0 Å². The Labute approximate surface area is 100 Å². The van der Waals surface area contributed by atoms with Gasteiger partial charge in [-0.25, -0.2) is 4.79 Å². The first-order valence-corrected chi connectivity index (χ1v) is 7.55. The Morgan fingerprint density at radius 3 is 2.41 bits per heavy atom. The van der Waals surface area contributed by atoms with Gasteiger partial charge in [-0.1, -0.05) is 6.92 Å². The van der Waals surface area contributed by atoms with Crippen LogP contribution in [0.3, 0.4) is 0 Å². The lowest BCUT2D eigenvalue weighted by Crippen LogP contribution is -2.28. The number of rotatable bonds is 6. The minimum absolute atomic E-state index is 0.0881. The summed E-state index contributed by atoms with van der Waals surface area (Å²) in [7, 11) is -3.27. The van der Waals surface area contributed by atoms with Gasteiger partial charge in [0.25, 0.3) is 0 Å². The number of carbonyl (C=O) groups excluding carboxylic acids is 2. The molecule has 1 atom stereocenters. The highest BCUT2D eigenvalue weighted by Crippen LogP contribution is 2.34. The van der Waals surface area contributed by atoms with Gasteiger partial charge in [-0.3, -0.25) is 9.36 Å². The van der Waals surface area contributed by atoms with Crippen molar-refractivity contribution in [2.45, 2.75) is 20.3 Å². The summed E-state index contributed by atoms with van der Waals surface area (Å²) in [5.74, 6) is -1.06. The van der Waals surface area contributed by atoms with Crippen molar-refractivity contribution in [1.82, 2.24) is 5.32 Å². The number of esters is 1. The molecule has 0 spiro atoms. The van der Waals surface area contributed by atoms with Crippen molar-refractivity contribution in [3.05, 3.63) is 11.8 Å². The van der Waals surface area contributed by atoms with Gasteiger partial charge in [0.2, 0.25) is 13.3 Å². The minimum Gasteiger partial charge on any atom is -0.461 e. The van der Waals surface area contributed by atoms with Gasteiger partial charge in [0.1, 0.15) is 5.70 Å². The highest BCUT2D eigenvalue weighted by molar-refractivity contribution is 7.57. The number of ether oxygens (including phenoxy) is 1. The average Bonchev–Trinajstić information content (AvgIpc) is 2.22. The molecule has 98 valence electrons. The molecule has 0 heterocycles. The molecular formula is C10H18NO5P. The van der Waals surface area contributed by atoms with E-state index in [0.717, 1.165) is 0 Å². The molecule has 0 aliphatic carbocycles. The summed E-state index contributed by atoms with van der Waals surface area (Å²) in [5, 5.41) is 2.34. The van der Waals surface area contributed by atoms with E-state index in [-0.39, 0.29) is 30.8 Å². The Morgan fingerprint density at radius 2 is 2.00 bits per heavy atom. The zero-order chi connectivity index (χ0) is 13.5. The molecular weight excluding hydrogens is 245 g/mol. The Bertz CT molecular complexity index is 358. The van der Waals surface area contributed by atoms with Gasteiger partial charge in [0, 0.05) is 19.2 Å². The highest BCUT2D eigenvalue weighted by Gasteiger charge is 2.15. The third-order valence-corrected chi connectivity index (χ3v) is 2.58. The molecule has 0 radical (unpaired) electrons. The normalized spacial score (nSPS) is 14.9. The maximum Gasteiger partial charge on any atom is 0.354 e. The first-order chi connectivity index (χ1) is 7.80. The standard InChI is InChI=1S/C10H18NO5P/c1-4-9(12)11-8(10(13)16-5-2)6-7-17(3,14)15/h6H,4-5,7H2,1-3H3,(H,11,12)(H,14,15)/b8-6-. The molecule has 0 saturated carbocycles. The van der Waals surface area contributed by atoms with Crippen LogP contribution in [0.1, 0.15) is 20.3 Å². The van der Waals surface area contributed by atoms with E-state index < -0.39 is 13.3 Å². The van der Waals surface area contributed by atoms with E-state index in [1.165, 1.54) is 12.7 Å². The number of allylic oxidation sites excluding steroid dienone is 1. The van der Waals surface area contributed by atoms with Crippen molar-refractivity contribution < 1.29 is 23.8 Å². The fourth-order valence-electron chi connectivity index (χ4n) is 0.893. The molecule has 17 heavy (non-hydrogen) atoms. The first-order valence-electron chi connectivity index (χ1n) is 5.26. The smallest absolute Gasteiger partial charge is 0.354 e. The molecule has 6 nitrogen and oxygen atoms in total. The summed E-state index contributed by atoms with van der Waals surface area (Å²) in [6.07, 6.45) is 1.23. The summed E-state index contributed by atoms with van der Waals surface area (Å²) in [6, 6.07) is 0. The number of hydrogen-bond donors (Lipinski definition) is 2. The largest absolute Gasteiger partial charge is 0.461 e. The molecule has 0 aromatic carbocycles. The predicted molar refractivity (Wildman–Crippen MR) is 63.8 cm³/mol. The molecule has 0 rings (SSSR count). The molecule has 0 aliphatic rings. The quantitative estimate of drug-likeness (QED) is 0.421. The Kier molecular flexibility index (Phi) is 6.76. The van der Waals surface area contributed by atoms with E-state index in [1.807, 2.05) is 0 Å². The Balaban J connectivity index is 4.78. The number of carbonyl (C=O) groups is 2. The van der Waals surface area contributed by atoms with Crippen LogP contribution < -0.4 is 5.32 Å². The molecule has 0 aromatic heterocycles. The lowest BCUT2D eigenvalue weighted by Gasteiger charge is -2.09. The molecule has 0 bridgehead atoms. The van der Waals surface area contributed by atoms with Gasteiger partial charge in [0.15, 0.2) is 0 Å². The number of amides is 1. The third-order valence-electron chi connectivity index (χ3n) is 1.72. The van der Waals surface area contributed by atoms with Gasteiger partial charge in [0.05, 0.1) is 6.61 Å². The van der Waals surface area contributed by atoms with Crippen LogP contribution in [0.25, 0.3) is 0 Å². The zero-order valence-electron chi connectivity index (χ0n) is 10.2. The average molecular weight is 263 g/mol. The van der Waals surface area contributed by atoms with E-state index in [2.05, 4.69) is 5.32 Å². The van der Waals surface area contributed by atoms with Crippen molar-refractivity contribution in [2.24, 2.45) is 0 Å². The summed E-state index contributed by atoms with van der Waals surface area (Å²) in [4.78, 5) is 31.7. The third kappa shape index (κ3) is 7.71. The lowest BCUT2D eigenvalue weighted by atomic mass is 10.3. The van der Waals surface area contributed by atoms with Crippen molar-refractivity contribution in [3.63, 3.8) is 0 Å². The molecule has 0 fully saturated rings. The van der Waals surface area contributed by atoms with Crippen LogP contribution in [0.4, 0.5) is 0 Å². The van der Waals surface area contributed by atoms with Gasteiger partial charge in [-0.2, -0.15) is 0 Å². The van der Waals surface area contributed by atoms with E-state index in [4.69, 9.17) is 9.63 Å². The Morgan fingerprint density at radius 1 is 1.41 bits per heavy atom. The maximum atomic E-state index is 11.4. The van der Waals surface area contributed by atoms with Crippen LogP contribution in [0, 0.1) is 0 Å². The predicted octanol–water partition coefficient (Wildman–Crippen LogP) is 0.860. The summed E-state index contributed by atoms with van der Waals surface area (Å²) in [5.41, 5.74) is -0.0881. The highest BCUT2D eigenvalue weighted by atomic mass is 31.2. The Hall–Kier alpha value is -1.13. The van der Waals surface area contributed by atoms with Gasteiger partial charge >= 0.3 is 5.97 Å². The monoisotopic (exact) mass is 263 g/mol. The molecule has 7 heteroatoms. The molecule has 1 unspecified atom stereocenters. The second-order valence-electron chi connectivity index (χ2n) is 3.47. The fourth-order valence-corrected chi connectivity index (χ4v) is 1.41. The molecule has 1 amide bonds. The van der Waals surface area contributed by atoms with Crippen LogP contribution in [-0.4, -0.2) is 36.2 Å². The van der Waals surface area contributed by atoms with E-state index >= 15 is 0 Å². The summed E-state index contributed by atoms with van der Waals surface area (Å²) >= 11 is 0. The van der Waals surface area contributed by atoms with E-state index in [9.17, 15) is 14.2 Å². The van der Waals surface area contributed by atoms with Crippen molar-refractivity contribution in [2.75, 3.05) is 19.4 Å². The van der Waals surface area contributed by atoms with Gasteiger partial charge in [-0.15, -0.1) is 0 Å².